The van der Waals surface area contributed by atoms with Gasteiger partial charge in [-0.2, -0.15) is 0 Å². The molecular formula is C23H28Cl2N2O2. The van der Waals surface area contributed by atoms with Gasteiger partial charge in [0.2, 0.25) is 0 Å². The minimum atomic E-state index is -0.309. The maximum atomic E-state index is 12.9. The number of esters is 1. The Kier molecular flexibility index (Phi) is 8.57. The van der Waals surface area contributed by atoms with Crippen molar-refractivity contribution in [2.24, 2.45) is 0 Å². The molecule has 2 aromatic carbocycles. The van der Waals surface area contributed by atoms with E-state index in [9.17, 15) is 4.79 Å². The summed E-state index contributed by atoms with van der Waals surface area (Å²) in [5, 5.41) is 2.46. The zero-order valence-electron chi connectivity index (χ0n) is 17.2. The standard InChI is InChI=1S/C23H27ClN2O2.ClH/c1-4-25(5-2)14-15-26-21(17-10-8-7-9-11-17)19-13-12-18(24)16-20(19)22(26)23(27)28-6-3;/h7-13,16H,4-6,14-15H2,1-3H3;1H. The van der Waals surface area contributed by atoms with Crippen LogP contribution in [0.1, 0.15) is 31.3 Å². The lowest BCUT2D eigenvalue weighted by atomic mass is 10.1. The number of likely N-dealkylation sites (N-methyl/N-ethyl adjacent to an activating group) is 1. The fraction of sp³-hybridized carbons (Fsp3) is 0.348. The minimum Gasteiger partial charge on any atom is -0.461 e. The summed E-state index contributed by atoms with van der Waals surface area (Å²) in [4.78, 5) is 15.3. The van der Waals surface area contributed by atoms with Gasteiger partial charge < -0.3 is 14.2 Å². The molecule has 3 rings (SSSR count). The van der Waals surface area contributed by atoms with E-state index in [1.165, 1.54) is 0 Å². The van der Waals surface area contributed by atoms with Crippen LogP contribution in [0.15, 0.2) is 48.5 Å². The molecule has 3 aromatic rings. The van der Waals surface area contributed by atoms with Crippen LogP contribution in [0.4, 0.5) is 0 Å². The highest BCUT2D eigenvalue weighted by Gasteiger charge is 2.24. The second-order valence-electron chi connectivity index (χ2n) is 6.65. The van der Waals surface area contributed by atoms with Gasteiger partial charge in [-0.25, -0.2) is 4.79 Å². The lowest BCUT2D eigenvalue weighted by Gasteiger charge is -2.20. The van der Waals surface area contributed by atoms with Crippen LogP contribution in [-0.2, 0) is 11.3 Å². The summed E-state index contributed by atoms with van der Waals surface area (Å²) in [5.41, 5.74) is 2.68. The van der Waals surface area contributed by atoms with Crippen molar-refractivity contribution < 1.29 is 9.53 Å². The van der Waals surface area contributed by atoms with Crippen LogP contribution in [0.25, 0.3) is 22.0 Å². The fourth-order valence-corrected chi connectivity index (χ4v) is 3.83. The Morgan fingerprint density at radius 3 is 2.34 bits per heavy atom. The number of nitrogens with zero attached hydrogens (tertiary/aromatic N) is 2. The number of fused-ring (bicyclic) bond motifs is 1. The SMILES string of the molecule is CCOC(=O)c1c2cc(Cl)ccc2c(-c2ccccc2)n1CCN(CC)CC.Cl. The molecule has 29 heavy (non-hydrogen) atoms. The summed E-state index contributed by atoms with van der Waals surface area (Å²) in [6, 6.07) is 15.9. The van der Waals surface area contributed by atoms with E-state index in [1.807, 2.05) is 43.3 Å². The largest absolute Gasteiger partial charge is 0.461 e. The molecular weight excluding hydrogens is 407 g/mol. The maximum Gasteiger partial charge on any atom is 0.355 e. The summed E-state index contributed by atoms with van der Waals surface area (Å²) in [5.74, 6) is -0.309. The number of ether oxygens (including phenoxy) is 1. The second kappa shape index (κ2) is 10.7. The van der Waals surface area contributed by atoms with Gasteiger partial charge >= 0.3 is 5.97 Å². The van der Waals surface area contributed by atoms with Gasteiger partial charge in [0.25, 0.3) is 0 Å². The van der Waals surface area contributed by atoms with Crippen molar-refractivity contribution in [2.75, 3.05) is 26.2 Å². The lowest BCUT2D eigenvalue weighted by Crippen LogP contribution is -2.28. The molecule has 0 amide bonds. The van der Waals surface area contributed by atoms with E-state index in [0.717, 1.165) is 41.7 Å². The Hall–Kier alpha value is -2.01. The third-order valence-corrected chi connectivity index (χ3v) is 5.32. The number of halogens is 2. The van der Waals surface area contributed by atoms with E-state index in [1.54, 1.807) is 0 Å². The molecule has 0 spiro atoms. The van der Waals surface area contributed by atoms with Gasteiger partial charge in [0.15, 0.2) is 0 Å². The molecule has 0 atom stereocenters. The Labute approximate surface area is 183 Å². The number of carbonyl (C=O) groups is 1. The molecule has 0 saturated heterocycles. The molecule has 0 N–H and O–H groups in total. The molecule has 0 bridgehead atoms. The Morgan fingerprint density at radius 2 is 1.72 bits per heavy atom. The predicted octanol–water partition coefficient (Wildman–Crippen LogP) is 5.90. The third kappa shape index (κ3) is 4.95. The summed E-state index contributed by atoms with van der Waals surface area (Å²) >= 11 is 6.28. The van der Waals surface area contributed by atoms with Gasteiger partial charge in [-0.1, -0.05) is 61.8 Å². The molecule has 1 heterocycles. The molecule has 156 valence electrons. The minimum absolute atomic E-state index is 0. The van der Waals surface area contributed by atoms with Crippen LogP contribution in [-0.4, -0.2) is 41.7 Å². The highest BCUT2D eigenvalue weighted by molar-refractivity contribution is 6.31. The van der Waals surface area contributed by atoms with Gasteiger partial charge in [0, 0.05) is 28.9 Å². The van der Waals surface area contributed by atoms with Crippen LogP contribution < -0.4 is 0 Å². The summed E-state index contributed by atoms with van der Waals surface area (Å²) < 4.78 is 7.51. The Balaban J connectivity index is 0.00000300. The zero-order chi connectivity index (χ0) is 20.1. The van der Waals surface area contributed by atoms with E-state index >= 15 is 0 Å². The van der Waals surface area contributed by atoms with Crippen molar-refractivity contribution >= 4 is 40.7 Å². The van der Waals surface area contributed by atoms with Gasteiger partial charge in [-0.3, -0.25) is 0 Å². The summed E-state index contributed by atoms with van der Waals surface area (Å²) in [7, 11) is 0. The van der Waals surface area contributed by atoms with Gasteiger partial charge in [0.1, 0.15) is 5.69 Å². The van der Waals surface area contributed by atoms with Crippen LogP contribution in [0.2, 0.25) is 5.02 Å². The number of rotatable bonds is 8. The van der Waals surface area contributed by atoms with Crippen LogP contribution >= 0.6 is 24.0 Å². The van der Waals surface area contributed by atoms with Crippen molar-refractivity contribution in [3.8, 4) is 11.3 Å². The quantitative estimate of drug-likeness (QED) is 0.413. The first-order chi connectivity index (χ1) is 13.6. The topological polar surface area (TPSA) is 34.5 Å². The number of hydrogen-bond acceptors (Lipinski definition) is 3. The number of aromatic nitrogens is 1. The van der Waals surface area contributed by atoms with Crippen molar-refractivity contribution in [1.29, 1.82) is 0 Å². The molecule has 0 aliphatic carbocycles. The molecule has 0 saturated carbocycles. The molecule has 6 heteroatoms. The summed E-state index contributed by atoms with van der Waals surface area (Å²) in [6.07, 6.45) is 0. The molecule has 0 unspecified atom stereocenters. The van der Waals surface area contributed by atoms with E-state index in [0.29, 0.717) is 23.9 Å². The molecule has 1 aromatic heterocycles. The first-order valence-electron chi connectivity index (χ1n) is 9.87. The van der Waals surface area contributed by atoms with Crippen molar-refractivity contribution in [3.63, 3.8) is 0 Å². The van der Waals surface area contributed by atoms with E-state index in [4.69, 9.17) is 16.3 Å². The first-order valence-corrected chi connectivity index (χ1v) is 10.2. The predicted molar refractivity (Wildman–Crippen MR) is 123 cm³/mol. The van der Waals surface area contributed by atoms with Crippen molar-refractivity contribution in [3.05, 3.63) is 59.2 Å². The van der Waals surface area contributed by atoms with Crippen molar-refractivity contribution in [1.82, 2.24) is 9.47 Å². The van der Waals surface area contributed by atoms with E-state index in [2.05, 4.69) is 35.4 Å². The van der Waals surface area contributed by atoms with Crippen molar-refractivity contribution in [2.45, 2.75) is 27.3 Å². The molecule has 4 nitrogen and oxygen atoms in total. The highest BCUT2D eigenvalue weighted by atomic mass is 35.5. The average Bonchev–Trinajstić information content (AvgIpc) is 3.02. The summed E-state index contributed by atoms with van der Waals surface area (Å²) in [6.45, 7) is 9.97. The Bertz CT molecular complexity index is 950. The average molecular weight is 435 g/mol. The lowest BCUT2D eigenvalue weighted by molar-refractivity contribution is 0.0515. The molecule has 0 fully saturated rings. The number of carbonyl (C=O) groups excluding carboxylic acids is 1. The van der Waals surface area contributed by atoms with E-state index in [-0.39, 0.29) is 18.4 Å². The van der Waals surface area contributed by atoms with E-state index < -0.39 is 0 Å². The van der Waals surface area contributed by atoms with Crippen LogP contribution in [0.5, 0.6) is 0 Å². The maximum absolute atomic E-state index is 12.9. The number of hydrogen-bond donors (Lipinski definition) is 0. The Morgan fingerprint density at radius 1 is 1.03 bits per heavy atom. The van der Waals surface area contributed by atoms with Crippen LogP contribution in [0.3, 0.4) is 0 Å². The molecule has 0 aliphatic rings. The van der Waals surface area contributed by atoms with Gasteiger partial charge in [-0.05, 0) is 37.7 Å². The highest BCUT2D eigenvalue weighted by Crippen LogP contribution is 2.36. The van der Waals surface area contributed by atoms with Gasteiger partial charge in [-0.15, -0.1) is 12.4 Å². The third-order valence-electron chi connectivity index (χ3n) is 5.08. The monoisotopic (exact) mass is 434 g/mol. The zero-order valence-corrected chi connectivity index (χ0v) is 18.7. The first kappa shape index (κ1) is 23.3. The molecule has 0 radical (unpaired) electrons. The smallest absolute Gasteiger partial charge is 0.355 e. The van der Waals surface area contributed by atoms with Gasteiger partial charge in [0.05, 0.1) is 12.3 Å². The van der Waals surface area contributed by atoms with Crippen LogP contribution in [0, 0.1) is 0 Å². The number of benzene rings is 2. The normalized spacial score (nSPS) is 10.9. The second-order valence-corrected chi connectivity index (χ2v) is 7.09. The fourth-order valence-electron chi connectivity index (χ4n) is 3.65. The molecule has 0 aliphatic heterocycles.